The van der Waals surface area contributed by atoms with Crippen molar-refractivity contribution in [2.75, 3.05) is 19.6 Å². The van der Waals surface area contributed by atoms with Crippen LogP contribution in [0.25, 0.3) is 0 Å². The van der Waals surface area contributed by atoms with Gasteiger partial charge in [0.15, 0.2) is 0 Å². The topological polar surface area (TPSA) is 78.9 Å². The van der Waals surface area contributed by atoms with Gasteiger partial charge in [-0.3, -0.25) is 14.5 Å². The molecule has 1 saturated carbocycles. The van der Waals surface area contributed by atoms with Gasteiger partial charge in [-0.15, -0.1) is 0 Å². The number of nitrogens with one attached hydrogen (secondary N) is 1. The number of likely N-dealkylation sites (tertiary alicyclic amines) is 1. The Morgan fingerprint density at radius 2 is 2.08 bits per heavy atom. The second-order valence-electron chi connectivity index (χ2n) is 7.53. The fourth-order valence-electron chi connectivity index (χ4n) is 4.48. The molecule has 3 fully saturated rings. The monoisotopic (exact) mass is 344 g/mol. The van der Waals surface area contributed by atoms with Crippen molar-refractivity contribution in [3.63, 3.8) is 0 Å². The van der Waals surface area contributed by atoms with Crippen molar-refractivity contribution in [3.05, 3.63) is 29.8 Å². The summed E-state index contributed by atoms with van der Waals surface area (Å²) >= 11 is 0. The number of aliphatic carboxylic acids is 1. The number of hydrogen-bond donors (Lipinski definition) is 2. The second kappa shape index (κ2) is 6.33. The smallest absolute Gasteiger partial charge is 0.313 e. The van der Waals surface area contributed by atoms with Crippen molar-refractivity contribution in [2.45, 2.75) is 38.3 Å². The largest absolute Gasteiger partial charge is 0.490 e. The van der Waals surface area contributed by atoms with Crippen LogP contribution in [0.3, 0.4) is 0 Å². The molecule has 2 N–H and O–H groups in total. The first-order valence-corrected chi connectivity index (χ1v) is 9.06. The summed E-state index contributed by atoms with van der Waals surface area (Å²) in [5.41, 5.74) is 0.0774. The molecule has 0 bridgehead atoms. The Kier molecular flexibility index (Phi) is 4.15. The zero-order valence-corrected chi connectivity index (χ0v) is 14.2. The molecule has 1 aliphatic carbocycles. The van der Waals surface area contributed by atoms with E-state index in [2.05, 4.69) is 10.2 Å². The molecule has 2 saturated heterocycles. The van der Waals surface area contributed by atoms with Crippen LogP contribution in [0, 0.1) is 11.3 Å². The molecule has 1 amide bonds. The average molecular weight is 344 g/mol. The summed E-state index contributed by atoms with van der Waals surface area (Å²) in [6.07, 6.45) is 4.92. The summed E-state index contributed by atoms with van der Waals surface area (Å²) in [4.78, 5) is 25.9. The maximum Gasteiger partial charge on any atom is 0.313 e. The molecule has 2 aliphatic heterocycles. The lowest BCUT2D eigenvalue weighted by Crippen LogP contribution is -2.40. The van der Waals surface area contributed by atoms with Crippen molar-refractivity contribution in [1.82, 2.24) is 10.2 Å². The Balaban J connectivity index is 1.50. The summed E-state index contributed by atoms with van der Waals surface area (Å²) in [5.74, 6) is -0.595. The number of benzene rings is 1. The third-order valence-corrected chi connectivity index (χ3v) is 5.90. The number of fused-ring (bicyclic) bond motifs is 1. The first-order chi connectivity index (χ1) is 12.1. The van der Waals surface area contributed by atoms with Crippen LogP contribution in [0.2, 0.25) is 0 Å². The van der Waals surface area contributed by atoms with Gasteiger partial charge in [0.25, 0.3) is 0 Å². The van der Waals surface area contributed by atoms with Gasteiger partial charge in [0, 0.05) is 31.7 Å². The number of carbonyl (C=O) groups is 2. The number of carbonyl (C=O) groups excluding carboxylic acids is 1. The molecule has 1 aromatic carbocycles. The molecule has 3 aliphatic rings. The molecule has 4 rings (SSSR count). The molecule has 2 atom stereocenters. The Hall–Kier alpha value is -2.08. The highest BCUT2D eigenvalue weighted by atomic mass is 16.5. The molecule has 0 spiro atoms. The van der Waals surface area contributed by atoms with Gasteiger partial charge in [-0.25, -0.2) is 0 Å². The Labute approximate surface area is 147 Å². The minimum Gasteiger partial charge on any atom is -0.490 e. The number of ether oxygens (including phenoxy) is 1. The number of para-hydroxylation sites is 1. The van der Waals surface area contributed by atoms with Crippen LogP contribution >= 0.6 is 0 Å². The first-order valence-electron chi connectivity index (χ1n) is 9.06. The Morgan fingerprint density at radius 1 is 1.32 bits per heavy atom. The van der Waals surface area contributed by atoms with Crippen LogP contribution in [0.5, 0.6) is 5.75 Å². The van der Waals surface area contributed by atoms with Gasteiger partial charge in [0.1, 0.15) is 11.2 Å². The third-order valence-electron chi connectivity index (χ3n) is 5.90. The minimum absolute atomic E-state index is 0.139. The molecule has 0 aromatic heterocycles. The number of rotatable bonds is 5. The Morgan fingerprint density at radius 3 is 2.80 bits per heavy atom. The third kappa shape index (κ3) is 2.88. The zero-order valence-electron chi connectivity index (χ0n) is 14.2. The summed E-state index contributed by atoms with van der Waals surface area (Å²) in [7, 11) is 0. The quantitative estimate of drug-likeness (QED) is 0.849. The van der Waals surface area contributed by atoms with E-state index < -0.39 is 17.3 Å². The summed E-state index contributed by atoms with van der Waals surface area (Å²) in [6.45, 7) is 1.71. The first kappa shape index (κ1) is 16.4. The lowest BCUT2D eigenvalue weighted by atomic mass is 9.81. The Bertz CT molecular complexity index is 686. The van der Waals surface area contributed by atoms with E-state index in [-0.39, 0.29) is 18.6 Å². The fourth-order valence-corrected chi connectivity index (χ4v) is 4.48. The van der Waals surface area contributed by atoms with Crippen molar-refractivity contribution in [1.29, 1.82) is 0 Å². The number of carboxylic acids is 1. The number of amides is 1. The van der Waals surface area contributed by atoms with Crippen LogP contribution in [0.1, 0.15) is 31.2 Å². The molecule has 134 valence electrons. The van der Waals surface area contributed by atoms with Gasteiger partial charge < -0.3 is 15.2 Å². The average Bonchev–Trinajstić information content (AvgIpc) is 3.28. The van der Waals surface area contributed by atoms with E-state index in [0.29, 0.717) is 19.6 Å². The highest BCUT2D eigenvalue weighted by molar-refractivity contribution is 5.92. The molecular weight excluding hydrogens is 320 g/mol. The highest BCUT2D eigenvalue weighted by Crippen LogP contribution is 2.41. The van der Waals surface area contributed by atoms with E-state index in [1.165, 1.54) is 12.8 Å². The molecule has 2 heterocycles. The molecular formula is C19H24N2O4. The van der Waals surface area contributed by atoms with Gasteiger partial charge in [0.05, 0.1) is 12.0 Å². The molecule has 1 aromatic rings. The van der Waals surface area contributed by atoms with E-state index in [1.54, 1.807) is 0 Å². The maximum absolute atomic E-state index is 12.0. The van der Waals surface area contributed by atoms with Crippen LogP contribution < -0.4 is 10.1 Å². The van der Waals surface area contributed by atoms with Crippen molar-refractivity contribution >= 4 is 11.9 Å². The lowest BCUT2D eigenvalue weighted by molar-refractivity contribution is -0.149. The molecule has 6 nitrogen and oxygen atoms in total. The van der Waals surface area contributed by atoms with Crippen LogP contribution in [-0.2, 0) is 16.1 Å². The van der Waals surface area contributed by atoms with Crippen LogP contribution in [0.15, 0.2) is 24.3 Å². The normalized spacial score (nSPS) is 29.6. The number of carboxylic acid groups (broad SMARTS) is 1. The van der Waals surface area contributed by atoms with E-state index in [1.807, 2.05) is 24.3 Å². The van der Waals surface area contributed by atoms with E-state index in [0.717, 1.165) is 24.2 Å². The predicted molar refractivity (Wildman–Crippen MR) is 91.2 cm³/mol. The van der Waals surface area contributed by atoms with Gasteiger partial charge in [-0.2, -0.15) is 0 Å². The van der Waals surface area contributed by atoms with Crippen LogP contribution in [0.4, 0.5) is 0 Å². The van der Waals surface area contributed by atoms with Gasteiger partial charge in [0.2, 0.25) is 5.91 Å². The molecule has 6 heteroatoms. The number of nitrogens with zero attached hydrogens (tertiary/aromatic N) is 1. The van der Waals surface area contributed by atoms with E-state index >= 15 is 0 Å². The molecule has 0 unspecified atom stereocenters. The minimum atomic E-state index is -0.988. The number of hydrogen-bond acceptors (Lipinski definition) is 4. The van der Waals surface area contributed by atoms with Crippen molar-refractivity contribution in [2.24, 2.45) is 11.3 Å². The fraction of sp³-hybridized carbons (Fsp3) is 0.579. The van der Waals surface area contributed by atoms with Gasteiger partial charge in [-0.05, 0) is 31.7 Å². The second-order valence-corrected chi connectivity index (χ2v) is 7.53. The van der Waals surface area contributed by atoms with Gasteiger partial charge >= 0.3 is 5.97 Å². The van der Waals surface area contributed by atoms with Crippen molar-refractivity contribution in [3.8, 4) is 5.75 Å². The maximum atomic E-state index is 12.0. The molecule has 0 radical (unpaired) electrons. The van der Waals surface area contributed by atoms with E-state index in [4.69, 9.17) is 4.74 Å². The summed E-state index contributed by atoms with van der Waals surface area (Å²) in [6, 6.07) is 7.97. The highest BCUT2D eigenvalue weighted by Gasteiger charge is 2.59. The van der Waals surface area contributed by atoms with Gasteiger partial charge in [-0.1, -0.05) is 18.2 Å². The predicted octanol–water partition coefficient (Wildman–Crippen LogP) is 1.64. The lowest BCUT2D eigenvalue weighted by Gasteiger charge is -2.23. The van der Waals surface area contributed by atoms with E-state index in [9.17, 15) is 14.7 Å². The van der Waals surface area contributed by atoms with Crippen molar-refractivity contribution < 1.29 is 19.4 Å². The summed E-state index contributed by atoms with van der Waals surface area (Å²) in [5, 5.41) is 12.4. The van der Waals surface area contributed by atoms with Crippen LogP contribution in [-0.4, -0.2) is 47.6 Å². The standard InChI is InChI=1S/C19H24N2O4/c22-17-15-10-21(12-19(15,11-20-17)18(23)24)9-13-5-1-4-8-16(13)25-14-6-2-3-7-14/h1,4-5,8,14-15H,2-3,6-7,9-12H2,(H,20,22)(H,23,24)/t15-,19+/m0/s1. The summed E-state index contributed by atoms with van der Waals surface area (Å²) < 4.78 is 6.18. The molecule has 25 heavy (non-hydrogen) atoms. The SMILES string of the molecule is O=C1NC[C@@]2(C(=O)O)CN(Cc3ccccc3OC3CCCC3)C[C@@H]12. The zero-order chi connectivity index (χ0) is 17.4.